The summed E-state index contributed by atoms with van der Waals surface area (Å²) >= 11 is 6.10. The van der Waals surface area contributed by atoms with Crippen LogP contribution in [0.15, 0.2) is 18.2 Å². The van der Waals surface area contributed by atoms with Gasteiger partial charge in [0.05, 0.1) is 25.3 Å². The number of carbonyl (C=O) groups excluding carboxylic acids is 2. The molecule has 1 heterocycles. The Kier molecular flexibility index (Phi) is 6.38. The van der Waals surface area contributed by atoms with Crippen molar-refractivity contribution in [2.45, 2.75) is 25.7 Å². The molecular weight excluding hydrogens is 356 g/mol. The van der Waals surface area contributed by atoms with Crippen LogP contribution >= 0.6 is 11.6 Å². The number of benzene rings is 1. The van der Waals surface area contributed by atoms with Crippen LogP contribution in [0.25, 0.3) is 0 Å². The monoisotopic (exact) mass is 380 g/mol. The maximum atomic E-state index is 12.6. The largest absolute Gasteiger partial charge is 0.495 e. The Labute approximate surface area is 158 Å². The van der Waals surface area contributed by atoms with E-state index in [1.165, 1.54) is 0 Å². The lowest BCUT2D eigenvalue weighted by Gasteiger charge is -2.33. The quantitative estimate of drug-likeness (QED) is 0.872. The number of rotatable bonds is 4. The number of nitrogens with one attached hydrogen (secondary N) is 1. The van der Waals surface area contributed by atoms with Crippen molar-refractivity contribution >= 4 is 29.1 Å². The van der Waals surface area contributed by atoms with Gasteiger partial charge in [0.1, 0.15) is 5.75 Å². The van der Waals surface area contributed by atoms with Gasteiger partial charge in [-0.3, -0.25) is 9.59 Å². The molecule has 26 heavy (non-hydrogen) atoms. The molecule has 1 N–H and O–H groups in total. The summed E-state index contributed by atoms with van der Waals surface area (Å²) in [6, 6.07) is 5.19. The third-order valence-corrected chi connectivity index (χ3v) is 5.48. The number of hydrogen-bond donors (Lipinski definition) is 1. The fourth-order valence-corrected chi connectivity index (χ4v) is 3.89. The van der Waals surface area contributed by atoms with Crippen molar-refractivity contribution in [1.29, 1.82) is 0 Å². The van der Waals surface area contributed by atoms with E-state index in [9.17, 15) is 9.59 Å². The number of morpholine rings is 1. The number of ether oxygens (including phenoxy) is 2. The second-order valence-electron chi connectivity index (χ2n) is 6.82. The summed E-state index contributed by atoms with van der Waals surface area (Å²) in [7, 11) is 1.55. The molecule has 142 valence electrons. The average molecular weight is 381 g/mol. The first kappa shape index (κ1) is 19.0. The topological polar surface area (TPSA) is 67.9 Å². The fraction of sp³-hybridized carbons (Fsp3) is 0.579. The Morgan fingerprint density at radius 3 is 2.42 bits per heavy atom. The molecule has 0 aromatic heterocycles. The van der Waals surface area contributed by atoms with E-state index in [0.29, 0.717) is 42.8 Å². The molecule has 1 saturated heterocycles. The van der Waals surface area contributed by atoms with Crippen LogP contribution in [0.5, 0.6) is 5.75 Å². The predicted molar refractivity (Wildman–Crippen MR) is 99.5 cm³/mol. The molecule has 2 fully saturated rings. The van der Waals surface area contributed by atoms with Gasteiger partial charge in [0, 0.05) is 30.6 Å². The van der Waals surface area contributed by atoms with E-state index < -0.39 is 0 Å². The van der Waals surface area contributed by atoms with Gasteiger partial charge >= 0.3 is 0 Å². The lowest BCUT2D eigenvalue weighted by Crippen LogP contribution is -2.44. The zero-order valence-electron chi connectivity index (χ0n) is 15.0. The highest BCUT2D eigenvalue weighted by molar-refractivity contribution is 6.32. The van der Waals surface area contributed by atoms with Gasteiger partial charge in [-0.25, -0.2) is 0 Å². The second-order valence-corrected chi connectivity index (χ2v) is 7.23. The molecule has 0 unspecified atom stereocenters. The molecule has 6 nitrogen and oxygen atoms in total. The minimum atomic E-state index is -0.0652. The summed E-state index contributed by atoms with van der Waals surface area (Å²) in [6.45, 7) is 2.59. The van der Waals surface area contributed by atoms with Crippen molar-refractivity contribution in [2.75, 3.05) is 38.7 Å². The van der Waals surface area contributed by atoms with Crippen LogP contribution in [0, 0.1) is 11.8 Å². The third-order valence-electron chi connectivity index (χ3n) is 5.19. The van der Waals surface area contributed by atoms with Gasteiger partial charge in [-0.05, 0) is 43.9 Å². The Hall–Kier alpha value is -1.79. The molecule has 0 spiro atoms. The molecule has 1 aliphatic heterocycles. The Balaban J connectivity index is 1.50. The first-order valence-corrected chi connectivity index (χ1v) is 9.47. The normalized spacial score (nSPS) is 23.4. The van der Waals surface area contributed by atoms with E-state index in [-0.39, 0.29) is 23.7 Å². The summed E-state index contributed by atoms with van der Waals surface area (Å²) in [6.07, 6.45) is 2.99. The predicted octanol–water partition coefficient (Wildman–Crippen LogP) is 2.95. The molecule has 0 bridgehead atoms. The number of anilines is 1. The second kappa shape index (κ2) is 8.73. The van der Waals surface area contributed by atoms with Crippen molar-refractivity contribution in [3.8, 4) is 5.75 Å². The van der Waals surface area contributed by atoms with Crippen LogP contribution in [0.4, 0.5) is 5.69 Å². The van der Waals surface area contributed by atoms with Gasteiger partial charge < -0.3 is 19.7 Å². The van der Waals surface area contributed by atoms with E-state index >= 15 is 0 Å². The summed E-state index contributed by atoms with van der Waals surface area (Å²) < 4.78 is 10.4. The molecule has 1 aliphatic carbocycles. The van der Waals surface area contributed by atoms with Crippen LogP contribution in [0.3, 0.4) is 0 Å². The molecule has 2 aliphatic rings. The zero-order valence-corrected chi connectivity index (χ0v) is 15.8. The number of amides is 2. The van der Waals surface area contributed by atoms with E-state index in [0.717, 1.165) is 25.7 Å². The molecule has 1 aromatic rings. The summed E-state index contributed by atoms with van der Waals surface area (Å²) in [5.74, 6) is 0.751. The summed E-state index contributed by atoms with van der Waals surface area (Å²) in [5.41, 5.74) is 0.660. The molecule has 1 aromatic carbocycles. The van der Waals surface area contributed by atoms with Crippen LogP contribution < -0.4 is 10.1 Å². The van der Waals surface area contributed by atoms with Crippen LogP contribution in [0.1, 0.15) is 25.7 Å². The molecule has 1 saturated carbocycles. The molecule has 3 rings (SSSR count). The summed E-state index contributed by atoms with van der Waals surface area (Å²) in [4.78, 5) is 27.0. The molecular formula is C19H25ClN2O4. The molecule has 0 atom stereocenters. The van der Waals surface area contributed by atoms with Gasteiger partial charge in [-0.1, -0.05) is 11.6 Å². The molecule has 2 amide bonds. The molecule has 0 radical (unpaired) electrons. The average Bonchev–Trinajstić information content (AvgIpc) is 2.68. The Morgan fingerprint density at radius 2 is 1.81 bits per heavy atom. The van der Waals surface area contributed by atoms with Crippen LogP contribution in [0.2, 0.25) is 5.02 Å². The Bertz CT molecular complexity index is 653. The van der Waals surface area contributed by atoms with Crippen molar-refractivity contribution in [2.24, 2.45) is 11.8 Å². The van der Waals surface area contributed by atoms with Crippen molar-refractivity contribution < 1.29 is 19.1 Å². The summed E-state index contributed by atoms with van der Waals surface area (Å²) in [5, 5.41) is 3.38. The third kappa shape index (κ3) is 4.48. The smallest absolute Gasteiger partial charge is 0.227 e. The van der Waals surface area contributed by atoms with Crippen molar-refractivity contribution in [3.05, 3.63) is 23.2 Å². The van der Waals surface area contributed by atoms with Crippen molar-refractivity contribution in [1.82, 2.24) is 4.90 Å². The maximum Gasteiger partial charge on any atom is 0.227 e. The van der Waals surface area contributed by atoms with Gasteiger partial charge in [-0.2, -0.15) is 0 Å². The maximum absolute atomic E-state index is 12.6. The number of methoxy groups -OCH3 is 1. The lowest BCUT2D eigenvalue weighted by atomic mass is 9.81. The van der Waals surface area contributed by atoms with Crippen LogP contribution in [-0.2, 0) is 14.3 Å². The highest BCUT2D eigenvalue weighted by Gasteiger charge is 2.32. The van der Waals surface area contributed by atoms with E-state index in [1.807, 2.05) is 4.90 Å². The molecule has 7 heteroatoms. The Morgan fingerprint density at radius 1 is 1.15 bits per heavy atom. The minimum Gasteiger partial charge on any atom is -0.495 e. The van der Waals surface area contributed by atoms with Gasteiger partial charge in [0.2, 0.25) is 11.8 Å². The van der Waals surface area contributed by atoms with Gasteiger partial charge in [0.15, 0.2) is 0 Å². The van der Waals surface area contributed by atoms with Crippen molar-refractivity contribution in [3.63, 3.8) is 0 Å². The van der Waals surface area contributed by atoms with E-state index in [4.69, 9.17) is 21.1 Å². The number of nitrogens with zero attached hydrogens (tertiary/aromatic N) is 1. The van der Waals surface area contributed by atoms with Gasteiger partial charge in [0.25, 0.3) is 0 Å². The van der Waals surface area contributed by atoms with Crippen LogP contribution in [-0.4, -0.2) is 50.1 Å². The number of hydrogen-bond acceptors (Lipinski definition) is 4. The number of carbonyl (C=O) groups is 2. The lowest BCUT2D eigenvalue weighted by molar-refractivity contribution is -0.141. The highest BCUT2D eigenvalue weighted by Crippen LogP contribution is 2.32. The highest BCUT2D eigenvalue weighted by atomic mass is 35.5. The minimum absolute atomic E-state index is 0.0106. The standard InChI is InChI=1S/C19H25ClN2O4/c1-25-17-7-6-15(12-16(17)20)21-18(23)13-2-4-14(5-3-13)19(24)22-8-10-26-11-9-22/h6-7,12-14H,2-5,8-11H2,1H3,(H,21,23). The first-order valence-electron chi connectivity index (χ1n) is 9.09. The SMILES string of the molecule is COc1ccc(NC(=O)C2CCC(C(=O)N3CCOCC3)CC2)cc1Cl. The van der Waals surface area contributed by atoms with E-state index in [1.54, 1.807) is 25.3 Å². The van der Waals surface area contributed by atoms with E-state index in [2.05, 4.69) is 5.32 Å². The fourth-order valence-electron chi connectivity index (χ4n) is 3.63. The van der Waals surface area contributed by atoms with Gasteiger partial charge in [-0.15, -0.1) is 0 Å². The zero-order chi connectivity index (χ0) is 18.5. The number of halogens is 1. The first-order chi connectivity index (χ1) is 12.6.